The first-order chi connectivity index (χ1) is 5.52. The van der Waals surface area contributed by atoms with Crippen LogP contribution in [0.1, 0.15) is 11.1 Å². The van der Waals surface area contributed by atoms with Crippen LogP contribution in [0.3, 0.4) is 0 Å². The van der Waals surface area contributed by atoms with E-state index in [1.165, 1.54) is 5.01 Å². The first-order valence-corrected chi connectivity index (χ1v) is 4.15. The van der Waals surface area contributed by atoms with Crippen molar-refractivity contribution >= 4 is 17.3 Å². The largest absolute Gasteiger partial charge is 0.312 e. The number of halogens is 1. The van der Waals surface area contributed by atoms with E-state index in [1.807, 2.05) is 19.9 Å². The van der Waals surface area contributed by atoms with Crippen LogP contribution in [0, 0.1) is 13.8 Å². The molecule has 0 bridgehead atoms. The smallest absolute Gasteiger partial charge is 0.0729 e. The molecule has 0 aliphatic heterocycles. The van der Waals surface area contributed by atoms with E-state index in [0.29, 0.717) is 5.02 Å². The normalized spacial score (nSPS) is 10.1. The highest BCUT2D eigenvalue weighted by Crippen LogP contribution is 2.28. The molecule has 0 saturated carbocycles. The fourth-order valence-electron chi connectivity index (χ4n) is 1.35. The minimum absolute atomic E-state index is 0.706. The van der Waals surface area contributed by atoms with Crippen LogP contribution < -0.4 is 10.9 Å². The van der Waals surface area contributed by atoms with Gasteiger partial charge in [-0.05, 0) is 31.0 Å². The molecule has 12 heavy (non-hydrogen) atoms. The third kappa shape index (κ3) is 1.71. The summed E-state index contributed by atoms with van der Waals surface area (Å²) in [7, 11) is 1.78. The van der Waals surface area contributed by atoms with E-state index in [-0.39, 0.29) is 0 Å². The third-order valence-electron chi connectivity index (χ3n) is 1.75. The Labute approximate surface area is 77.9 Å². The molecule has 0 aromatic heterocycles. The quantitative estimate of drug-likeness (QED) is 0.536. The molecule has 66 valence electrons. The molecule has 0 radical (unpaired) electrons. The Balaban J connectivity index is 3.28. The van der Waals surface area contributed by atoms with Crippen molar-refractivity contribution < 1.29 is 0 Å². The van der Waals surface area contributed by atoms with Gasteiger partial charge in [-0.3, -0.25) is 0 Å². The van der Waals surface area contributed by atoms with Crippen LogP contribution in [0.5, 0.6) is 0 Å². The van der Waals surface area contributed by atoms with E-state index >= 15 is 0 Å². The highest BCUT2D eigenvalue weighted by molar-refractivity contribution is 6.33. The van der Waals surface area contributed by atoms with E-state index in [4.69, 9.17) is 17.4 Å². The number of aryl methyl sites for hydroxylation is 2. The lowest BCUT2D eigenvalue weighted by Gasteiger charge is -2.17. The fourth-order valence-corrected chi connectivity index (χ4v) is 1.81. The zero-order valence-electron chi connectivity index (χ0n) is 7.56. The van der Waals surface area contributed by atoms with Gasteiger partial charge in [-0.25, -0.2) is 5.84 Å². The molecule has 1 rings (SSSR count). The molecular formula is C9H13ClN2. The van der Waals surface area contributed by atoms with E-state index < -0.39 is 0 Å². The van der Waals surface area contributed by atoms with Gasteiger partial charge < -0.3 is 5.01 Å². The number of nitrogens with two attached hydrogens (primary N) is 1. The van der Waals surface area contributed by atoms with Crippen LogP contribution >= 0.6 is 11.6 Å². The molecule has 0 unspecified atom stereocenters. The second-order valence-corrected chi connectivity index (χ2v) is 3.43. The maximum Gasteiger partial charge on any atom is 0.0729 e. The van der Waals surface area contributed by atoms with Crippen molar-refractivity contribution in [1.82, 2.24) is 0 Å². The van der Waals surface area contributed by atoms with Gasteiger partial charge in [0, 0.05) is 7.05 Å². The fraction of sp³-hybridized carbons (Fsp3) is 0.333. The van der Waals surface area contributed by atoms with E-state index in [2.05, 4.69) is 6.07 Å². The number of anilines is 1. The predicted molar refractivity (Wildman–Crippen MR) is 53.5 cm³/mol. The molecule has 0 atom stereocenters. The average molecular weight is 185 g/mol. The third-order valence-corrected chi connectivity index (χ3v) is 2.04. The van der Waals surface area contributed by atoms with Crippen molar-refractivity contribution in [2.24, 2.45) is 5.84 Å². The molecule has 0 amide bonds. The zero-order valence-corrected chi connectivity index (χ0v) is 8.31. The molecule has 2 nitrogen and oxygen atoms in total. The summed E-state index contributed by atoms with van der Waals surface area (Å²) >= 11 is 6.01. The number of benzene rings is 1. The van der Waals surface area contributed by atoms with Crippen LogP contribution in [0.2, 0.25) is 5.02 Å². The summed E-state index contributed by atoms with van der Waals surface area (Å²) in [5, 5.41) is 2.24. The molecule has 0 fully saturated rings. The monoisotopic (exact) mass is 184 g/mol. The average Bonchev–Trinajstić information content (AvgIpc) is 1.82. The van der Waals surface area contributed by atoms with Crippen LogP contribution in [0.15, 0.2) is 12.1 Å². The predicted octanol–water partition coefficient (Wildman–Crippen LogP) is 2.27. The molecule has 3 heteroatoms. The second kappa shape index (κ2) is 3.33. The Bertz CT molecular complexity index is 272. The van der Waals surface area contributed by atoms with Crippen molar-refractivity contribution in [1.29, 1.82) is 0 Å². The van der Waals surface area contributed by atoms with E-state index in [0.717, 1.165) is 16.8 Å². The van der Waals surface area contributed by atoms with Gasteiger partial charge in [-0.15, -0.1) is 0 Å². The van der Waals surface area contributed by atoms with Crippen molar-refractivity contribution in [3.63, 3.8) is 0 Å². The highest BCUT2D eigenvalue weighted by Gasteiger charge is 2.06. The maximum atomic E-state index is 6.01. The number of rotatable bonds is 1. The summed E-state index contributed by atoms with van der Waals surface area (Å²) in [5.74, 6) is 5.61. The zero-order chi connectivity index (χ0) is 9.30. The lowest BCUT2D eigenvalue weighted by Crippen LogP contribution is -2.26. The first kappa shape index (κ1) is 9.36. The van der Waals surface area contributed by atoms with Crippen molar-refractivity contribution in [3.05, 3.63) is 28.3 Å². The molecule has 1 aromatic rings. The summed E-state index contributed by atoms with van der Waals surface area (Å²) in [6.45, 7) is 4.01. The first-order valence-electron chi connectivity index (χ1n) is 3.77. The Morgan fingerprint density at radius 2 is 1.92 bits per heavy atom. The summed E-state index contributed by atoms with van der Waals surface area (Å²) in [5.41, 5.74) is 3.15. The van der Waals surface area contributed by atoms with Crippen molar-refractivity contribution in [2.45, 2.75) is 13.8 Å². The lowest BCUT2D eigenvalue weighted by atomic mass is 10.1. The Hall–Kier alpha value is -0.730. The molecule has 0 saturated heterocycles. The van der Waals surface area contributed by atoms with Crippen LogP contribution in [-0.4, -0.2) is 7.05 Å². The maximum absolute atomic E-state index is 6.01. The summed E-state index contributed by atoms with van der Waals surface area (Å²) in [6, 6.07) is 3.97. The summed E-state index contributed by atoms with van der Waals surface area (Å²) < 4.78 is 0. The molecular weight excluding hydrogens is 172 g/mol. The number of hydrogen-bond donors (Lipinski definition) is 1. The molecule has 0 aliphatic carbocycles. The van der Waals surface area contributed by atoms with E-state index in [1.54, 1.807) is 7.05 Å². The molecule has 0 heterocycles. The van der Waals surface area contributed by atoms with Gasteiger partial charge in [0.05, 0.1) is 10.7 Å². The number of nitrogens with zero attached hydrogens (tertiary/aromatic N) is 1. The van der Waals surface area contributed by atoms with Gasteiger partial charge >= 0.3 is 0 Å². The van der Waals surface area contributed by atoms with E-state index in [9.17, 15) is 0 Å². The number of hydrazine groups is 1. The molecule has 0 aliphatic rings. The minimum atomic E-state index is 0.706. The van der Waals surface area contributed by atoms with Crippen LogP contribution in [-0.2, 0) is 0 Å². The Morgan fingerprint density at radius 3 is 2.33 bits per heavy atom. The topological polar surface area (TPSA) is 29.3 Å². The van der Waals surface area contributed by atoms with Gasteiger partial charge in [-0.1, -0.05) is 17.7 Å². The van der Waals surface area contributed by atoms with Gasteiger partial charge in [0.15, 0.2) is 0 Å². The summed E-state index contributed by atoms with van der Waals surface area (Å²) in [6.07, 6.45) is 0. The highest BCUT2D eigenvalue weighted by atomic mass is 35.5. The van der Waals surface area contributed by atoms with Crippen LogP contribution in [0.4, 0.5) is 5.69 Å². The van der Waals surface area contributed by atoms with Crippen molar-refractivity contribution in [3.8, 4) is 0 Å². The SMILES string of the molecule is Cc1cc(C)c(N(C)N)c(Cl)c1. The Kier molecular flexibility index (Phi) is 2.60. The second-order valence-electron chi connectivity index (χ2n) is 3.02. The lowest BCUT2D eigenvalue weighted by molar-refractivity contribution is 1.01. The molecule has 1 aromatic carbocycles. The number of hydrogen-bond acceptors (Lipinski definition) is 2. The summed E-state index contributed by atoms with van der Waals surface area (Å²) in [4.78, 5) is 0. The van der Waals surface area contributed by atoms with Crippen LogP contribution in [0.25, 0.3) is 0 Å². The minimum Gasteiger partial charge on any atom is -0.312 e. The van der Waals surface area contributed by atoms with Gasteiger partial charge in [0.25, 0.3) is 0 Å². The van der Waals surface area contributed by atoms with Crippen molar-refractivity contribution in [2.75, 3.05) is 12.1 Å². The van der Waals surface area contributed by atoms with Gasteiger partial charge in [-0.2, -0.15) is 0 Å². The molecule has 2 N–H and O–H groups in total. The standard InChI is InChI=1S/C9H13ClN2/c1-6-4-7(2)9(12(3)11)8(10)5-6/h4-5H,11H2,1-3H3. The Morgan fingerprint density at radius 1 is 1.33 bits per heavy atom. The van der Waals surface area contributed by atoms with Gasteiger partial charge in [0.1, 0.15) is 0 Å². The van der Waals surface area contributed by atoms with Gasteiger partial charge in [0.2, 0.25) is 0 Å². The molecule has 0 spiro atoms.